The van der Waals surface area contributed by atoms with Gasteiger partial charge in [-0.05, 0) is 19.1 Å². The molecule has 0 saturated carbocycles. The lowest BCUT2D eigenvalue weighted by Gasteiger charge is -1.97. The second-order valence-electron chi connectivity index (χ2n) is 2.29. The van der Waals surface area contributed by atoms with E-state index >= 15 is 0 Å². The third kappa shape index (κ3) is 2.42. The number of aryl methyl sites for hydroxylation is 1. The van der Waals surface area contributed by atoms with Gasteiger partial charge in [-0.3, -0.25) is 4.99 Å². The van der Waals surface area contributed by atoms with E-state index in [-0.39, 0.29) is 0 Å². The van der Waals surface area contributed by atoms with Gasteiger partial charge in [0, 0.05) is 7.05 Å². The van der Waals surface area contributed by atoms with E-state index in [0.717, 1.165) is 5.75 Å². The summed E-state index contributed by atoms with van der Waals surface area (Å²) in [6.07, 6.45) is 1.42. The van der Waals surface area contributed by atoms with Crippen LogP contribution in [0.2, 0.25) is 0 Å². The van der Waals surface area contributed by atoms with Gasteiger partial charge in [0.05, 0.1) is 0 Å². The van der Waals surface area contributed by atoms with Crippen LogP contribution in [0.15, 0.2) is 29.3 Å². The summed E-state index contributed by atoms with van der Waals surface area (Å²) in [5.74, 6) is 0.821. The quantitative estimate of drug-likeness (QED) is 0.465. The summed E-state index contributed by atoms with van der Waals surface area (Å²) in [6.45, 7) is 2.04. The van der Waals surface area contributed by atoms with Crippen molar-refractivity contribution in [3.8, 4) is 5.75 Å². The fourth-order valence-electron chi connectivity index (χ4n) is 0.730. The van der Waals surface area contributed by atoms with Gasteiger partial charge >= 0.3 is 0 Å². The number of hydrogen-bond acceptors (Lipinski definition) is 2. The van der Waals surface area contributed by atoms with Crippen molar-refractivity contribution in [3.63, 3.8) is 0 Å². The van der Waals surface area contributed by atoms with E-state index in [1.807, 2.05) is 31.2 Å². The number of rotatable bonds is 2. The van der Waals surface area contributed by atoms with E-state index < -0.39 is 0 Å². The standard InChI is InChI=1S/C9H11NO/c1-8-3-5-9(6-4-8)11-7-10-2/h3-7H,1-2H3. The van der Waals surface area contributed by atoms with E-state index in [9.17, 15) is 0 Å². The maximum Gasteiger partial charge on any atom is 0.176 e. The molecule has 0 saturated heterocycles. The lowest BCUT2D eigenvalue weighted by Crippen LogP contribution is -1.88. The summed E-state index contributed by atoms with van der Waals surface area (Å²) < 4.78 is 5.12. The molecule has 0 aromatic heterocycles. The molecule has 0 spiro atoms. The maximum absolute atomic E-state index is 5.12. The Bertz CT molecular complexity index is 238. The van der Waals surface area contributed by atoms with Crippen LogP contribution in [0.4, 0.5) is 0 Å². The number of benzene rings is 1. The summed E-state index contributed by atoms with van der Waals surface area (Å²) in [4.78, 5) is 3.71. The summed E-state index contributed by atoms with van der Waals surface area (Å²) in [7, 11) is 1.67. The third-order valence-corrected chi connectivity index (χ3v) is 1.32. The van der Waals surface area contributed by atoms with Crippen LogP contribution in [-0.2, 0) is 0 Å². The molecule has 0 amide bonds. The molecule has 0 atom stereocenters. The van der Waals surface area contributed by atoms with Crippen molar-refractivity contribution >= 4 is 6.40 Å². The van der Waals surface area contributed by atoms with Gasteiger partial charge in [0.15, 0.2) is 6.40 Å². The number of ether oxygens (including phenoxy) is 1. The molecule has 11 heavy (non-hydrogen) atoms. The highest BCUT2D eigenvalue weighted by Crippen LogP contribution is 2.09. The molecule has 0 unspecified atom stereocenters. The zero-order valence-electron chi connectivity index (χ0n) is 6.74. The maximum atomic E-state index is 5.12. The first kappa shape index (κ1) is 7.79. The molecule has 0 radical (unpaired) electrons. The summed E-state index contributed by atoms with van der Waals surface area (Å²) in [5.41, 5.74) is 1.23. The molecule has 0 aliphatic heterocycles. The minimum atomic E-state index is 0.821. The lowest BCUT2D eigenvalue weighted by molar-refractivity contribution is 0.573. The van der Waals surface area contributed by atoms with Gasteiger partial charge in [-0.2, -0.15) is 0 Å². The molecule has 1 rings (SSSR count). The summed E-state index contributed by atoms with van der Waals surface area (Å²) in [6, 6.07) is 7.83. The number of aliphatic imine (C=N–C) groups is 1. The van der Waals surface area contributed by atoms with Crippen molar-refractivity contribution in [2.24, 2.45) is 4.99 Å². The second-order valence-corrected chi connectivity index (χ2v) is 2.29. The van der Waals surface area contributed by atoms with Gasteiger partial charge in [-0.1, -0.05) is 17.7 Å². The van der Waals surface area contributed by atoms with Crippen LogP contribution in [0.3, 0.4) is 0 Å². The van der Waals surface area contributed by atoms with Crippen LogP contribution in [0.25, 0.3) is 0 Å². The molecule has 1 aromatic rings. The SMILES string of the molecule is CN=COc1ccc(C)cc1. The van der Waals surface area contributed by atoms with Gasteiger partial charge in [0.1, 0.15) is 5.75 Å². The highest BCUT2D eigenvalue weighted by molar-refractivity contribution is 5.51. The van der Waals surface area contributed by atoms with E-state index in [2.05, 4.69) is 4.99 Å². The molecule has 1 aromatic carbocycles. The van der Waals surface area contributed by atoms with Gasteiger partial charge in [0.25, 0.3) is 0 Å². The van der Waals surface area contributed by atoms with Gasteiger partial charge in [-0.25, -0.2) is 0 Å². The summed E-state index contributed by atoms with van der Waals surface area (Å²) in [5, 5.41) is 0. The van der Waals surface area contributed by atoms with Crippen molar-refractivity contribution in [1.82, 2.24) is 0 Å². The fourth-order valence-corrected chi connectivity index (χ4v) is 0.730. The van der Waals surface area contributed by atoms with E-state index in [1.165, 1.54) is 12.0 Å². The third-order valence-electron chi connectivity index (χ3n) is 1.32. The molecule has 0 N–H and O–H groups in total. The van der Waals surface area contributed by atoms with Crippen LogP contribution < -0.4 is 4.74 Å². The van der Waals surface area contributed by atoms with Crippen LogP contribution in [0, 0.1) is 6.92 Å². The molecule has 0 fully saturated rings. The van der Waals surface area contributed by atoms with Crippen LogP contribution in [-0.4, -0.2) is 13.4 Å². The van der Waals surface area contributed by atoms with Crippen molar-refractivity contribution in [1.29, 1.82) is 0 Å². The highest BCUT2D eigenvalue weighted by Gasteiger charge is 1.87. The minimum Gasteiger partial charge on any atom is -0.446 e. The van der Waals surface area contributed by atoms with Crippen molar-refractivity contribution < 1.29 is 4.74 Å². The normalized spacial score (nSPS) is 10.4. The Hall–Kier alpha value is -1.31. The van der Waals surface area contributed by atoms with Crippen LogP contribution in [0.1, 0.15) is 5.56 Å². The Morgan fingerprint density at radius 1 is 1.27 bits per heavy atom. The predicted molar refractivity (Wildman–Crippen MR) is 46.2 cm³/mol. The van der Waals surface area contributed by atoms with Gasteiger partial charge in [-0.15, -0.1) is 0 Å². The topological polar surface area (TPSA) is 21.6 Å². The largest absolute Gasteiger partial charge is 0.446 e. The lowest BCUT2D eigenvalue weighted by atomic mass is 10.2. The van der Waals surface area contributed by atoms with E-state index in [4.69, 9.17) is 4.74 Å². The van der Waals surface area contributed by atoms with Crippen molar-refractivity contribution in [3.05, 3.63) is 29.8 Å². The molecule has 0 aliphatic rings. The molecular formula is C9H11NO. The Labute approximate surface area is 66.5 Å². The molecular weight excluding hydrogens is 138 g/mol. The molecule has 0 heterocycles. The first-order chi connectivity index (χ1) is 5.33. The fraction of sp³-hybridized carbons (Fsp3) is 0.222. The second kappa shape index (κ2) is 3.76. The molecule has 2 heteroatoms. The smallest absolute Gasteiger partial charge is 0.176 e. The first-order valence-corrected chi connectivity index (χ1v) is 3.47. The molecule has 0 bridgehead atoms. The summed E-state index contributed by atoms with van der Waals surface area (Å²) >= 11 is 0. The van der Waals surface area contributed by atoms with Crippen molar-refractivity contribution in [2.45, 2.75) is 6.92 Å². The predicted octanol–water partition coefficient (Wildman–Crippen LogP) is 2.03. The first-order valence-electron chi connectivity index (χ1n) is 3.47. The molecule has 2 nitrogen and oxygen atoms in total. The Kier molecular flexibility index (Phi) is 2.66. The molecule has 0 aliphatic carbocycles. The van der Waals surface area contributed by atoms with E-state index in [1.54, 1.807) is 7.05 Å². The monoisotopic (exact) mass is 149 g/mol. The average molecular weight is 149 g/mol. The zero-order valence-corrected chi connectivity index (χ0v) is 6.74. The number of hydrogen-bond donors (Lipinski definition) is 0. The van der Waals surface area contributed by atoms with Gasteiger partial charge < -0.3 is 4.74 Å². The Morgan fingerprint density at radius 2 is 1.91 bits per heavy atom. The van der Waals surface area contributed by atoms with Crippen LogP contribution in [0.5, 0.6) is 5.75 Å². The zero-order chi connectivity index (χ0) is 8.10. The number of nitrogens with zero attached hydrogens (tertiary/aromatic N) is 1. The van der Waals surface area contributed by atoms with Crippen LogP contribution >= 0.6 is 0 Å². The average Bonchev–Trinajstić information content (AvgIpc) is 2.04. The molecule has 58 valence electrons. The Morgan fingerprint density at radius 3 is 2.45 bits per heavy atom. The van der Waals surface area contributed by atoms with E-state index in [0.29, 0.717) is 0 Å². The highest BCUT2D eigenvalue weighted by atomic mass is 16.5. The van der Waals surface area contributed by atoms with Gasteiger partial charge in [0.2, 0.25) is 0 Å². The minimum absolute atomic E-state index is 0.821. The van der Waals surface area contributed by atoms with Crippen molar-refractivity contribution in [2.75, 3.05) is 7.05 Å². The Balaban J connectivity index is 2.66.